The van der Waals surface area contributed by atoms with Crippen molar-refractivity contribution in [3.8, 4) is 5.69 Å². The maximum absolute atomic E-state index is 14.3. The van der Waals surface area contributed by atoms with Crippen LogP contribution in [0.4, 0.5) is 10.1 Å². The van der Waals surface area contributed by atoms with Gasteiger partial charge in [-0.1, -0.05) is 0 Å². The highest BCUT2D eigenvalue weighted by molar-refractivity contribution is 5.91. The highest BCUT2D eigenvalue weighted by Crippen LogP contribution is 2.32. The lowest BCUT2D eigenvalue weighted by Crippen LogP contribution is -2.39. The van der Waals surface area contributed by atoms with E-state index in [-0.39, 0.29) is 18.3 Å². The highest BCUT2D eigenvalue weighted by Gasteiger charge is 2.34. The number of carbonyl (C=O) groups is 1. The SMILES string of the molecule is Cc1cnn(-c2ccc(NC(=O)CC3CC4CCC(C3)N4)cc2F)c1.Cl. The Morgan fingerprint density at radius 3 is 2.69 bits per heavy atom. The van der Waals surface area contributed by atoms with Gasteiger partial charge in [0.1, 0.15) is 5.69 Å². The molecule has 1 amide bonds. The van der Waals surface area contributed by atoms with Gasteiger partial charge in [-0.3, -0.25) is 4.79 Å². The topological polar surface area (TPSA) is 59.0 Å². The van der Waals surface area contributed by atoms with Gasteiger partial charge in [-0.05, 0) is 62.3 Å². The summed E-state index contributed by atoms with van der Waals surface area (Å²) >= 11 is 0. The van der Waals surface area contributed by atoms with E-state index < -0.39 is 5.82 Å². The van der Waals surface area contributed by atoms with E-state index in [2.05, 4.69) is 15.7 Å². The van der Waals surface area contributed by atoms with Crippen molar-refractivity contribution in [2.45, 2.75) is 51.1 Å². The minimum atomic E-state index is -0.402. The number of halogens is 2. The van der Waals surface area contributed by atoms with Crippen LogP contribution in [0.5, 0.6) is 0 Å². The molecular formula is C19H24ClFN4O. The molecule has 2 N–H and O–H groups in total. The van der Waals surface area contributed by atoms with Crippen LogP contribution in [0, 0.1) is 18.7 Å². The molecule has 0 spiro atoms. The number of benzene rings is 1. The molecule has 7 heteroatoms. The Hall–Kier alpha value is -1.92. The van der Waals surface area contributed by atoms with Crippen molar-refractivity contribution in [1.29, 1.82) is 0 Å². The summed E-state index contributed by atoms with van der Waals surface area (Å²) in [5.41, 5.74) is 1.83. The average molecular weight is 379 g/mol. The maximum atomic E-state index is 14.3. The molecule has 2 unspecified atom stereocenters. The normalized spacial score (nSPS) is 24.2. The number of nitrogens with one attached hydrogen (secondary N) is 2. The zero-order chi connectivity index (χ0) is 17.4. The van der Waals surface area contributed by atoms with Crippen LogP contribution < -0.4 is 10.6 Å². The average Bonchev–Trinajstić information content (AvgIpc) is 3.13. The lowest BCUT2D eigenvalue weighted by molar-refractivity contribution is -0.117. The Bertz CT molecular complexity index is 782. The molecule has 140 valence electrons. The Morgan fingerprint density at radius 1 is 1.35 bits per heavy atom. The molecule has 5 nitrogen and oxygen atoms in total. The monoisotopic (exact) mass is 378 g/mol. The molecule has 3 heterocycles. The van der Waals surface area contributed by atoms with Crippen LogP contribution in [0.2, 0.25) is 0 Å². The third-order valence-electron chi connectivity index (χ3n) is 5.23. The lowest BCUT2D eigenvalue weighted by Gasteiger charge is -2.28. The molecule has 0 aliphatic carbocycles. The Labute approximate surface area is 158 Å². The van der Waals surface area contributed by atoms with E-state index in [9.17, 15) is 9.18 Å². The van der Waals surface area contributed by atoms with Crippen LogP contribution in [0.1, 0.15) is 37.7 Å². The van der Waals surface area contributed by atoms with E-state index in [4.69, 9.17) is 0 Å². The van der Waals surface area contributed by atoms with Crippen LogP contribution in [0.3, 0.4) is 0 Å². The standard InChI is InChI=1S/C19H23FN4O.ClH/c1-12-10-21-24(11-12)18-5-4-16(9-17(18)20)23-19(25)8-13-6-14-2-3-15(7-13)22-14;/h4-5,9-11,13-15,22H,2-3,6-8H2,1H3,(H,23,25);1H. The molecule has 2 aliphatic heterocycles. The molecule has 2 saturated heterocycles. The summed E-state index contributed by atoms with van der Waals surface area (Å²) in [4.78, 5) is 12.3. The Balaban J connectivity index is 0.00000196. The number of fused-ring (bicyclic) bond motifs is 2. The quantitative estimate of drug-likeness (QED) is 0.854. The summed E-state index contributed by atoms with van der Waals surface area (Å²) in [5.74, 6) is -0.0101. The largest absolute Gasteiger partial charge is 0.326 e. The summed E-state index contributed by atoms with van der Waals surface area (Å²) < 4.78 is 15.8. The van der Waals surface area contributed by atoms with E-state index in [0.717, 1.165) is 18.4 Å². The van der Waals surface area contributed by atoms with Gasteiger partial charge < -0.3 is 10.6 Å². The van der Waals surface area contributed by atoms with Crippen molar-refractivity contribution in [2.75, 3.05) is 5.32 Å². The van der Waals surface area contributed by atoms with E-state index in [1.165, 1.54) is 23.6 Å². The number of aryl methyl sites for hydroxylation is 1. The van der Waals surface area contributed by atoms with Gasteiger partial charge in [-0.2, -0.15) is 5.10 Å². The summed E-state index contributed by atoms with van der Waals surface area (Å²) in [7, 11) is 0. The molecule has 2 atom stereocenters. The van der Waals surface area contributed by atoms with Gasteiger partial charge in [0, 0.05) is 30.4 Å². The van der Waals surface area contributed by atoms with Crippen molar-refractivity contribution in [3.63, 3.8) is 0 Å². The number of anilines is 1. The minimum absolute atomic E-state index is 0. The molecule has 2 fully saturated rings. The third kappa shape index (κ3) is 4.07. The number of nitrogens with zero attached hydrogens (tertiary/aromatic N) is 2. The van der Waals surface area contributed by atoms with Crippen LogP contribution in [0.15, 0.2) is 30.6 Å². The second-order valence-electron chi connectivity index (χ2n) is 7.36. The lowest BCUT2D eigenvalue weighted by atomic mass is 9.89. The molecule has 1 aromatic carbocycles. The zero-order valence-corrected chi connectivity index (χ0v) is 15.6. The van der Waals surface area contributed by atoms with Crippen molar-refractivity contribution < 1.29 is 9.18 Å². The molecule has 0 radical (unpaired) electrons. The Morgan fingerprint density at radius 2 is 2.08 bits per heavy atom. The third-order valence-corrected chi connectivity index (χ3v) is 5.23. The van der Waals surface area contributed by atoms with Gasteiger partial charge in [-0.25, -0.2) is 9.07 Å². The fourth-order valence-corrected chi connectivity index (χ4v) is 4.13. The van der Waals surface area contributed by atoms with Crippen molar-refractivity contribution in [1.82, 2.24) is 15.1 Å². The first-order valence-corrected chi connectivity index (χ1v) is 8.94. The van der Waals surface area contributed by atoms with Crippen molar-refractivity contribution in [3.05, 3.63) is 42.0 Å². The van der Waals surface area contributed by atoms with Gasteiger partial charge in [0.15, 0.2) is 5.82 Å². The van der Waals surface area contributed by atoms with Gasteiger partial charge in [0.25, 0.3) is 0 Å². The smallest absolute Gasteiger partial charge is 0.224 e. The van der Waals surface area contributed by atoms with Crippen LogP contribution in [-0.4, -0.2) is 27.8 Å². The zero-order valence-electron chi connectivity index (χ0n) is 14.7. The molecule has 2 aromatic rings. The molecule has 2 bridgehead atoms. The first kappa shape index (κ1) is 18.9. The van der Waals surface area contributed by atoms with Gasteiger partial charge in [-0.15, -0.1) is 12.4 Å². The van der Waals surface area contributed by atoms with Gasteiger partial charge >= 0.3 is 0 Å². The van der Waals surface area contributed by atoms with E-state index in [0.29, 0.717) is 35.8 Å². The molecule has 26 heavy (non-hydrogen) atoms. The van der Waals surface area contributed by atoms with Crippen LogP contribution in [0.25, 0.3) is 5.69 Å². The van der Waals surface area contributed by atoms with E-state index in [1.54, 1.807) is 24.5 Å². The predicted octanol–water partition coefficient (Wildman–Crippen LogP) is 3.60. The molecule has 1 aromatic heterocycles. The first-order chi connectivity index (χ1) is 12.1. The number of carbonyl (C=O) groups excluding carboxylic acids is 1. The first-order valence-electron chi connectivity index (χ1n) is 8.94. The predicted molar refractivity (Wildman–Crippen MR) is 101 cm³/mol. The molecular weight excluding hydrogens is 355 g/mol. The minimum Gasteiger partial charge on any atom is -0.326 e. The van der Waals surface area contributed by atoms with Crippen molar-refractivity contribution >= 4 is 24.0 Å². The fourth-order valence-electron chi connectivity index (χ4n) is 4.13. The number of amides is 1. The number of aromatic nitrogens is 2. The van der Waals surface area contributed by atoms with Crippen molar-refractivity contribution in [2.24, 2.45) is 5.92 Å². The summed E-state index contributed by atoms with van der Waals surface area (Å²) in [5, 5.41) is 10.5. The van der Waals surface area contributed by atoms with Crippen LogP contribution >= 0.6 is 12.4 Å². The van der Waals surface area contributed by atoms with E-state index >= 15 is 0 Å². The molecule has 0 saturated carbocycles. The van der Waals surface area contributed by atoms with Gasteiger partial charge in [0.2, 0.25) is 5.91 Å². The highest BCUT2D eigenvalue weighted by atomic mass is 35.5. The summed E-state index contributed by atoms with van der Waals surface area (Å²) in [6, 6.07) is 5.87. The number of piperidine rings is 1. The summed E-state index contributed by atoms with van der Waals surface area (Å²) in [6.45, 7) is 1.91. The van der Waals surface area contributed by atoms with Gasteiger partial charge in [0.05, 0.1) is 6.20 Å². The second-order valence-corrected chi connectivity index (χ2v) is 7.36. The number of hydrogen-bond donors (Lipinski definition) is 2. The Kier molecular flexibility index (Phi) is 5.63. The van der Waals surface area contributed by atoms with E-state index in [1.807, 2.05) is 6.92 Å². The fraction of sp³-hybridized carbons (Fsp3) is 0.474. The molecule has 4 rings (SSSR count). The van der Waals surface area contributed by atoms with Crippen LogP contribution in [-0.2, 0) is 4.79 Å². The summed E-state index contributed by atoms with van der Waals surface area (Å²) in [6.07, 6.45) is 8.54. The molecule has 2 aliphatic rings. The maximum Gasteiger partial charge on any atom is 0.224 e. The number of hydrogen-bond acceptors (Lipinski definition) is 3. The number of rotatable bonds is 4. The second kappa shape index (κ2) is 7.76.